The maximum Gasteiger partial charge on any atom is -0.0185 e. The molecule has 0 spiro atoms. The van der Waals surface area contributed by atoms with Gasteiger partial charge in [0.05, 0.1) is 0 Å². The van der Waals surface area contributed by atoms with Gasteiger partial charge in [0.2, 0.25) is 0 Å². The Kier molecular flexibility index (Phi) is 14.2. The molecule has 0 saturated carbocycles. The molecule has 1 unspecified atom stereocenters. The van der Waals surface area contributed by atoms with Crippen molar-refractivity contribution in [2.24, 2.45) is 5.92 Å². The van der Waals surface area contributed by atoms with Crippen LogP contribution in [-0.4, -0.2) is 0 Å². The van der Waals surface area contributed by atoms with E-state index in [0.29, 0.717) is 0 Å². The van der Waals surface area contributed by atoms with Crippen molar-refractivity contribution in [3.63, 3.8) is 0 Å². The molecule has 0 aromatic heterocycles. The number of aryl methyl sites for hydroxylation is 2. The molecule has 1 aromatic carbocycles. The monoisotopic (exact) mass is 342 g/mol. The third-order valence-corrected chi connectivity index (χ3v) is 4.97. The lowest BCUT2D eigenvalue weighted by molar-refractivity contribution is 0.417. The summed E-state index contributed by atoms with van der Waals surface area (Å²) in [5, 5.41) is 0. The number of hydrogen-bond donors (Lipinski definition) is 0. The van der Waals surface area contributed by atoms with Gasteiger partial charge in [0.25, 0.3) is 0 Å². The molecule has 0 aliphatic rings. The van der Waals surface area contributed by atoms with Crippen molar-refractivity contribution >= 4 is 5.57 Å². The molecule has 1 rings (SSSR count). The first kappa shape index (κ1) is 23.7. The summed E-state index contributed by atoms with van der Waals surface area (Å²) in [6.45, 7) is 17.2. The molecular weight excluding hydrogens is 300 g/mol. The number of hydrogen-bond acceptors (Lipinski definition) is 0. The van der Waals surface area contributed by atoms with Gasteiger partial charge in [-0.25, -0.2) is 0 Å². The Hall–Kier alpha value is -1.30. The van der Waals surface area contributed by atoms with Crippen LogP contribution in [0, 0.1) is 12.8 Å². The van der Waals surface area contributed by atoms with Crippen LogP contribution in [0.5, 0.6) is 0 Å². The first-order chi connectivity index (χ1) is 12.1. The van der Waals surface area contributed by atoms with E-state index in [1.807, 2.05) is 6.08 Å². The van der Waals surface area contributed by atoms with Crippen molar-refractivity contribution in [1.29, 1.82) is 0 Å². The fourth-order valence-electron chi connectivity index (χ4n) is 3.25. The Morgan fingerprint density at radius 2 is 1.76 bits per heavy atom. The summed E-state index contributed by atoms with van der Waals surface area (Å²) in [6, 6.07) is 6.66. The molecule has 1 atom stereocenters. The Morgan fingerprint density at radius 3 is 2.24 bits per heavy atom. The smallest absolute Gasteiger partial charge is 0.0185 e. The van der Waals surface area contributed by atoms with Gasteiger partial charge < -0.3 is 0 Å². The van der Waals surface area contributed by atoms with Crippen molar-refractivity contribution in [2.45, 2.75) is 92.9 Å². The van der Waals surface area contributed by atoms with E-state index in [0.717, 1.165) is 12.3 Å². The summed E-state index contributed by atoms with van der Waals surface area (Å²) in [5.74, 6) is 1.02. The third-order valence-electron chi connectivity index (χ3n) is 4.97. The second-order valence-electron chi connectivity index (χ2n) is 7.04. The lowest BCUT2D eigenvalue weighted by atomic mass is 9.95. The van der Waals surface area contributed by atoms with Gasteiger partial charge in [-0.2, -0.15) is 0 Å². The number of allylic oxidation sites excluding steroid dienone is 3. The molecular formula is C25H42. The molecule has 0 N–H and O–H groups in total. The number of rotatable bonds is 10. The summed E-state index contributed by atoms with van der Waals surface area (Å²) in [6.07, 6.45) is 14.8. The van der Waals surface area contributed by atoms with Gasteiger partial charge in [-0.3, -0.25) is 0 Å². The van der Waals surface area contributed by atoms with Crippen LogP contribution in [0.3, 0.4) is 0 Å². The summed E-state index contributed by atoms with van der Waals surface area (Å²) in [5.41, 5.74) is 5.34. The molecule has 0 nitrogen and oxygen atoms in total. The summed E-state index contributed by atoms with van der Waals surface area (Å²) < 4.78 is 0. The standard InChI is InChI=1S/C15H20.C10H22/c1-5-8-14-11-15(10-9-12(14)4)13(6-2)7-3;1-4-7-9-10(6-3)8-5-2/h6-7,9-11H,2,5,8H2,1,3-4H3;10H,4-9H2,1-3H3/b13-7+;. The van der Waals surface area contributed by atoms with Crippen molar-refractivity contribution in [2.75, 3.05) is 0 Å². The molecule has 0 aliphatic carbocycles. The predicted molar refractivity (Wildman–Crippen MR) is 117 cm³/mol. The highest BCUT2D eigenvalue weighted by Crippen LogP contribution is 2.20. The van der Waals surface area contributed by atoms with Crippen LogP contribution in [0.4, 0.5) is 0 Å². The van der Waals surface area contributed by atoms with Crippen LogP contribution in [0.1, 0.15) is 96.3 Å². The first-order valence-electron chi connectivity index (χ1n) is 10.5. The van der Waals surface area contributed by atoms with Gasteiger partial charge in [0.15, 0.2) is 0 Å². The molecule has 1 aromatic rings. The molecule has 0 saturated heterocycles. The third kappa shape index (κ3) is 9.68. The molecule has 25 heavy (non-hydrogen) atoms. The van der Waals surface area contributed by atoms with E-state index in [1.54, 1.807) is 0 Å². The summed E-state index contributed by atoms with van der Waals surface area (Å²) >= 11 is 0. The second kappa shape index (κ2) is 15.0. The van der Waals surface area contributed by atoms with Gasteiger partial charge in [-0.05, 0) is 48.4 Å². The van der Waals surface area contributed by atoms with Crippen LogP contribution in [0.2, 0.25) is 0 Å². The van der Waals surface area contributed by atoms with Crippen LogP contribution >= 0.6 is 0 Å². The van der Waals surface area contributed by atoms with E-state index in [4.69, 9.17) is 0 Å². The van der Waals surface area contributed by atoms with Gasteiger partial charge in [0.1, 0.15) is 0 Å². The van der Waals surface area contributed by atoms with Crippen LogP contribution in [-0.2, 0) is 6.42 Å². The largest absolute Gasteiger partial charge is 0.0985 e. The van der Waals surface area contributed by atoms with E-state index < -0.39 is 0 Å². The molecule has 0 aliphatic heterocycles. The fraction of sp³-hybridized carbons (Fsp3) is 0.600. The van der Waals surface area contributed by atoms with Crippen molar-refractivity contribution in [1.82, 2.24) is 0 Å². The Labute approximate surface area is 158 Å². The molecule has 0 bridgehead atoms. The Balaban J connectivity index is 0.000000504. The van der Waals surface area contributed by atoms with E-state index in [-0.39, 0.29) is 0 Å². The average Bonchev–Trinajstić information content (AvgIpc) is 2.63. The normalized spacial score (nSPS) is 12.3. The SMILES string of the molecule is C=C/C(=C\C)c1ccc(C)c(CCC)c1.CCCCC(CC)CCC. The van der Waals surface area contributed by atoms with Crippen LogP contribution < -0.4 is 0 Å². The zero-order valence-corrected chi connectivity index (χ0v) is 17.8. The van der Waals surface area contributed by atoms with E-state index in [9.17, 15) is 0 Å². The maximum atomic E-state index is 3.84. The van der Waals surface area contributed by atoms with Crippen molar-refractivity contribution < 1.29 is 0 Å². The minimum atomic E-state index is 1.02. The molecule has 0 radical (unpaired) electrons. The highest BCUT2D eigenvalue weighted by atomic mass is 14.1. The average molecular weight is 343 g/mol. The van der Waals surface area contributed by atoms with E-state index in [1.165, 1.54) is 67.2 Å². The van der Waals surface area contributed by atoms with E-state index in [2.05, 4.69) is 72.4 Å². The molecule has 0 fully saturated rings. The Morgan fingerprint density at radius 1 is 1.04 bits per heavy atom. The lowest BCUT2D eigenvalue weighted by Gasteiger charge is -2.11. The summed E-state index contributed by atoms with van der Waals surface area (Å²) in [7, 11) is 0. The van der Waals surface area contributed by atoms with Crippen molar-refractivity contribution in [3.8, 4) is 0 Å². The zero-order valence-electron chi connectivity index (χ0n) is 17.8. The van der Waals surface area contributed by atoms with Crippen LogP contribution in [0.25, 0.3) is 5.57 Å². The van der Waals surface area contributed by atoms with E-state index >= 15 is 0 Å². The minimum absolute atomic E-state index is 1.02. The predicted octanol–water partition coefficient (Wildman–Crippen LogP) is 8.54. The molecule has 0 heteroatoms. The van der Waals surface area contributed by atoms with Crippen LogP contribution in [0.15, 0.2) is 36.9 Å². The highest BCUT2D eigenvalue weighted by Gasteiger charge is 2.03. The van der Waals surface area contributed by atoms with Gasteiger partial charge in [0, 0.05) is 0 Å². The van der Waals surface area contributed by atoms with Gasteiger partial charge in [-0.15, -0.1) is 0 Å². The first-order valence-corrected chi connectivity index (χ1v) is 10.5. The topological polar surface area (TPSA) is 0 Å². The fourth-order valence-corrected chi connectivity index (χ4v) is 3.25. The second-order valence-corrected chi connectivity index (χ2v) is 7.04. The lowest BCUT2D eigenvalue weighted by Crippen LogP contribution is -1.97. The van der Waals surface area contributed by atoms with Gasteiger partial charge in [-0.1, -0.05) is 110 Å². The zero-order chi connectivity index (χ0) is 19.1. The summed E-state index contributed by atoms with van der Waals surface area (Å²) in [4.78, 5) is 0. The minimum Gasteiger partial charge on any atom is -0.0985 e. The number of unbranched alkanes of at least 4 members (excludes halogenated alkanes) is 1. The Bertz CT molecular complexity index is 493. The van der Waals surface area contributed by atoms with Gasteiger partial charge >= 0.3 is 0 Å². The number of benzene rings is 1. The molecule has 0 heterocycles. The highest BCUT2D eigenvalue weighted by molar-refractivity contribution is 5.73. The molecule has 0 amide bonds. The van der Waals surface area contributed by atoms with Crippen molar-refractivity contribution in [3.05, 3.63) is 53.6 Å². The molecule has 142 valence electrons. The quantitative estimate of drug-likeness (QED) is 0.374. The maximum absolute atomic E-state index is 3.84.